The normalized spacial score (nSPS) is 16.2. The largest absolute Gasteiger partial charge is 0.375 e. The van der Waals surface area contributed by atoms with E-state index in [0.717, 1.165) is 56.0 Å². The van der Waals surface area contributed by atoms with Gasteiger partial charge in [0.25, 0.3) is 5.91 Å². The first-order chi connectivity index (χ1) is 21.7. The number of thiazole rings is 1. The predicted molar refractivity (Wildman–Crippen MR) is 188 cm³/mol. The van der Waals surface area contributed by atoms with E-state index in [1.165, 1.54) is 24.8 Å². The van der Waals surface area contributed by atoms with E-state index in [1.54, 1.807) is 23.5 Å². The zero-order chi connectivity index (χ0) is 32.9. The number of nitrogens with one attached hydrogen (secondary N) is 1. The minimum atomic E-state index is -0.357. The third kappa shape index (κ3) is 9.69. The number of ether oxygens (including phenoxy) is 1. The van der Waals surface area contributed by atoms with Crippen molar-refractivity contribution >= 4 is 33.0 Å². The van der Waals surface area contributed by atoms with E-state index in [2.05, 4.69) is 83.6 Å². The first-order valence-corrected chi connectivity index (χ1v) is 17.2. The lowest BCUT2D eigenvalue weighted by Crippen LogP contribution is -2.24. The third-order valence-corrected chi connectivity index (χ3v) is 9.55. The van der Waals surface area contributed by atoms with Gasteiger partial charge in [-0.25, -0.2) is 4.98 Å². The highest BCUT2D eigenvalue weighted by Crippen LogP contribution is 2.34. The first kappa shape index (κ1) is 35.9. The highest BCUT2D eigenvalue weighted by Gasteiger charge is 2.22. The number of rotatable bonds is 12. The minimum Gasteiger partial charge on any atom is -0.375 e. The summed E-state index contributed by atoms with van der Waals surface area (Å²) in [7, 11) is 0. The Kier molecular flexibility index (Phi) is 14.2. The average Bonchev–Trinajstić information content (AvgIpc) is 3.49. The van der Waals surface area contributed by atoms with E-state index >= 15 is 0 Å². The van der Waals surface area contributed by atoms with Crippen LogP contribution >= 0.6 is 11.3 Å². The molecule has 0 bridgehead atoms. The average molecular weight is 627 g/mol. The van der Waals surface area contributed by atoms with Crippen LogP contribution in [0.4, 0.5) is 0 Å². The van der Waals surface area contributed by atoms with E-state index in [4.69, 9.17) is 9.72 Å². The summed E-state index contributed by atoms with van der Waals surface area (Å²) in [6, 6.07) is 9.66. The van der Waals surface area contributed by atoms with Gasteiger partial charge in [-0.1, -0.05) is 92.0 Å². The van der Waals surface area contributed by atoms with Crippen LogP contribution in [-0.4, -0.2) is 22.5 Å². The number of hydrogen-bond donors (Lipinski definition) is 1. The molecule has 7 heteroatoms. The lowest BCUT2D eigenvalue weighted by Gasteiger charge is -2.21. The van der Waals surface area contributed by atoms with E-state index in [-0.39, 0.29) is 18.4 Å². The van der Waals surface area contributed by atoms with Crippen LogP contribution in [0, 0.1) is 23.2 Å². The SMILES string of the molecule is C=C(/C(C)=C(\C=C/C(C)CC)c1nc2cc(CNC(=O)c3ccc4c(c3)C(C#N)COC4)ncc2s1)C(C)CC.CCCCC. The summed E-state index contributed by atoms with van der Waals surface area (Å²) in [6.45, 7) is 20.9. The van der Waals surface area contributed by atoms with Gasteiger partial charge in [-0.05, 0) is 65.7 Å². The van der Waals surface area contributed by atoms with Crippen LogP contribution in [0.25, 0.3) is 15.8 Å². The Hall–Kier alpha value is -3.60. The van der Waals surface area contributed by atoms with Gasteiger partial charge in [0.05, 0.1) is 47.7 Å². The Morgan fingerprint density at radius 1 is 1.20 bits per heavy atom. The number of benzene rings is 1. The molecule has 0 saturated heterocycles. The van der Waals surface area contributed by atoms with Gasteiger partial charge in [0, 0.05) is 17.3 Å². The van der Waals surface area contributed by atoms with Crippen molar-refractivity contribution in [1.29, 1.82) is 5.26 Å². The molecule has 3 aromatic rings. The van der Waals surface area contributed by atoms with Crippen molar-refractivity contribution in [3.8, 4) is 6.07 Å². The summed E-state index contributed by atoms with van der Waals surface area (Å²) in [5.41, 5.74) is 7.37. The van der Waals surface area contributed by atoms with Crippen LogP contribution in [0.3, 0.4) is 0 Å². The van der Waals surface area contributed by atoms with E-state index in [1.807, 2.05) is 18.3 Å². The molecule has 1 aliphatic rings. The Morgan fingerprint density at radius 3 is 2.60 bits per heavy atom. The first-order valence-electron chi connectivity index (χ1n) is 16.4. The molecule has 3 atom stereocenters. The van der Waals surface area contributed by atoms with Gasteiger partial charge < -0.3 is 10.1 Å². The van der Waals surface area contributed by atoms with Crippen LogP contribution in [0.5, 0.6) is 0 Å². The Balaban J connectivity index is 0.00000102. The molecule has 1 aliphatic heterocycles. The molecule has 1 amide bonds. The lowest BCUT2D eigenvalue weighted by atomic mass is 9.90. The standard InChI is InChI=1S/C33H38N4O2S.C5H12/c1-7-20(3)9-12-28(23(6)22(5)21(4)8-2)33-37-30-14-27(35-17-31(30)40-33)16-36-32(38)24-10-11-25-18-39-19-26(15-34)29(25)13-24;1-3-5-4-2/h9-14,17,20-21,26H,5,7-8,16,18-19H2,1-4,6H3,(H,36,38);3-5H2,1-2H3/b12-9-,28-23+;. The second-order valence-electron chi connectivity index (χ2n) is 11.9. The second kappa shape index (κ2) is 17.8. The number of unbranched alkanes of at least 4 members (excludes halogenated alkanes) is 2. The number of amides is 1. The highest BCUT2D eigenvalue weighted by molar-refractivity contribution is 7.19. The molecular weight excluding hydrogens is 577 g/mol. The van der Waals surface area contributed by atoms with Crippen LogP contribution < -0.4 is 5.32 Å². The molecule has 0 spiro atoms. The van der Waals surface area contributed by atoms with E-state index in [0.29, 0.717) is 30.6 Å². The quantitative estimate of drug-likeness (QED) is 0.202. The number of nitrogens with zero attached hydrogens (tertiary/aromatic N) is 3. The molecule has 3 unspecified atom stereocenters. The van der Waals surface area contributed by atoms with Crippen LogP contribution in [0.15, 0.2) is 60.3 Å². The van der Waals surface area contributed by atoms with Crippen molar-refractivity contribution in [2.45, 2.75) is 99.6 Å². The van der Waals surface area contributed by atoms with Crippen LogP contribution in [-0.2, 0) is 17.9 Å². The van der Waals surface area contributed by atoms with Crippen molar-refractivity contribution in [1.82, 2.24) is 15.3 Å². The van der Waals surface area contributed by atoms with E-state index < -0.39 is 0 Å². The zero-order valence-corrected chi connectivity index (χ0v) is 29.0. The number of fused-ring (bicyclic) bond motifs is 2. The number of pyridine rings is 1. The summed E-state index contributed by atoms with van der Waals surface area (Å²) in [4.78, 5) is 22.5. The summed E-state index contributed by atoms with van der Waals surface area (Å²) in [6.07, 6.45) is 12.5. The van der Waals surface area contributed by atoms with Gasteiger partial charge in [0.1, 0.15) is 5.01 Å². The fourth-order valence-corrected chi connectivity index (χ4v) is 5.93. The van der Waals surface area contributed by atoms with Gasteiger partial charge in [-0.2, -0.15) is 5.26 Å². The van der Waals surface area contributed by atoms with Crippen LogP contribution in [0.1, 0.15) is 119 Å². The molecule has 4 rings (SSSR count). The third-order valence-electron chi connectivity index (χ3n) is 8.51. The van der Waals surface area contributed by atoms with Crippen molar-refractivity contribution in [2.75, 3.05) is 6.61 Å². The summed E-state index contributed by atoms with van der Waals surface area (Å²) >= 11 is 1.63. The fourth-order valence-electron chi connectivity index (χ4n) is 4.93. The molecule has 0 aliphatic carbocycles. The number of nitriles is 1. The van der Waals surface area contributed by atoms with E-state index in [9.17, 15) is 10.1 Å². The molecule has 0 fully saturated rings. The maximum absolute atomic E-state index is 12.9. The topological polar surface area (TPSA) is 87.9 Å². The molecule has 3 heterocycles. The maximum atomic E-state index is 12.9. The van der Waals surface area contributed by atoms with Gasteiger partial charge in [-0.3, -0.25) is 9.78 Å². The van der Waals surface area contributed by atoms with Gasteiger partial charge in [0.2, 0.25) is 0 Å². The highest BCUT2D eigenvalue weighted by atomic mass is 32.1. The zero-order valence-electron chi connectivity index (χ0n) is 28.2. The molecule has 1 N–H and O–H groups in total. The summed E-state index contributed by atoms with van der Waals surface area (Å²) in [5.74, 6) is 0.309. The van der Waals surface area contributed by atoms with Crippen molar-refractivity contribution in [3.63, 3.8) is 0 Å². The van der Waals surface area contributed by atoms with Crippen molar-refractivity contribution in [2.24, 2.45) is 11.8 Å². The molecular formula is C38H50N4O2S. The summed E-state index contributed by atoms with van der Waals surface area (Å²) in [5, 5.41) is 13.4. The maximum Gasteiger partial charge on any atom is 0.251 e. The van der Waals surface area contributed by atoms with Crippen molar-refractivity contribution in [3.05, 3.63) is 87.7 Å². The fraction of sp³-hybridized carbons (Fsp3) is 0.474. The Bertz CT molecular complexity index is 1560. The molecule has 1 aromatic carbocycles. The van der Waals surface area contributed by atoms with Crippen molar-refractivity contribution < 1.29 is 9.53 Å². The van der Waals surface area contributed by atoms with Gasteiger partial charge >= 0.3 is 0 Å². The smallest absolute Gasteiger partial charge is 0.251 e. The molecule has 45 heavy (non-hydrogen) atoms. The minimum absolute atomic E-state index is 0.202. The predicted octanol–water partition coefficient (Wildman–Crippen LogP) is 9.93. The number of carbonyl (C=O) groups is 1. The molecule has 6 nitrogen and oxygen atoms in total. The molecule has 0 radical (unpaired) electrons. The Labute approximate surface area is 274 Å². The molecule has 240 valence electrons. The summed E-state index contributed by atoms with van der Waals surface area (Å²) < 4.78 is 6.48. The number of aromatic nitrogens is 2. The Morgan fingerprint density at radius 2 is 1.96 bits per heavy atom. The van der Waals surface area contributed by atoms with Crippen LogP contribution in [0.2, 0.25) is 0 Å². The van der Waals surface area contributed by atoms with Gasteiger partial charge in [0.15, 0.2) is 0 Å². The number of carbonyl (C=O) groups excluding carboxylic acids is 1. The lowest BCUT2D eigenvalue weighted by molar-refractivity contribution is 0.0945. The second-order valence-corrected chi connectivity index (χ2v) is 13.0. The number of allylic oxidation sites excluding steroid dienone is 5. The molecule has 2 aromatic heterocycles. The van der Waals surface area contributed by atoms with Gasteiger partial charge in [-0.15, -0.1) is 11.3 Å². The monoisotopic (exact) mass is 626 g/mol. The number of hydrogen-bond acceptors (Lipinski definition) is 6. The molecule has 0 saturated carbocycles.